The SMILES string of the molecule is Cc1ccc(Br)cc1NC(=O)c1ccc(Cl)c(Br)c1. The fourth-order valence-electron chi connectivity index (χ4n) is 1.56. The summed E-state index contributed by atoms with van der Waals surface area (Å²) in [6.45, 7) is 1.94. The predicted octanol–water partition coefficient (Wildman–Crippen LogP) is 5.43. The maximum atomic E-state index is 12.2. The Hall–Kier alpha value is -0.840. The van der Waals surface area contributed by atoms with Gasteiger partial charge in [-0.05, 0) is 58.7 Å². The van der Waals surface area contributed by atoms with Crippen molar-refractivity contribution in [1.82, 2.24) is 0 Å². The Balaban J connectivity index is 2.25. The van der Waals surface area contributed by atoms with Crippen LogP contribution in [-0.2, 0) is 0 Å². The van der Waals surface area contributed by atoms with E-state index in [2.05, 4.69) is 37.2 Å². The normalized spacial score (nSPS) is 10.3. The summed E-state index contributed by atoms with van der Waals surface area (Å²) in [5.74, 6) is -0.168. The number of anilines is 1. The van der Waals surface area contributed by atoms with Crippen molar-refractivity contribution >= 4 is 55.1 Å². The summed E-state index contributed by atoms with van der Waals surface area (Å²) in [5, 5.41) is 3.46. The number of amides is 1. The van der Waals surface area contributed by atoms with E-state index >= 15 is 0 Å². The molecule has 98 valence electrons. The number of hydrogen-bond donors (Lipinski definition) is 1. The summed E-state index contributed by atoms with van der Waals surface area (Å²) in [6, 6.07) is 10.8. The standard InChI is InChI=1S/C14H10Br2ClNO/c1-8-2-4-10(15)7-13(8)18-14(19)9-3-5-12(17)11(16)6-9/h2-7H,1H3,(H,18,19). The van der Waals surface area contributed by atoms with Crippen molar-refractivity contribution in [2.75, 3.05) is 5.32 Å². The van der Waals surface area contributed by atoms with Crippen molar-refractivity contribution in [2.24, 2.45) is 0 Å². The van der Waals surface area contributed by atoms with Crippen LogP contribution in [0.1, 0.15) is 15.9 Å². The van der Waals surface area contributed by atoms with Gasteiger partial charge in [0.05, 0.1) is 5.02 Å². The van der Waals surface area contributed by atoms with E-state index in [0.29, 0.717) is 15.1 Å². The molecule has 0 saturated heterocycles. The minimum Gasteiger partial charge on any atom is -0.322 e. The number of halogens is 3. The molecule has 5 heteroatoms. The molecule has 2 aromatic rings. The minimum atomic E-state index is -0.168. The Kier molecular flexibility index (Phi) is 4.66. The Morgan fingerprint density at radius 3 is 2.58 bits per heavy atom. The Morgan fingerprint density at radius 1 is 1.16 bits per heavy atom. The third-order valence-corrected chi connectivity index (χ3v) is 4.34. The number of hydrogen-bond acceptors (Lipinski definition) is 1. The molecule has 0 aliphatic carbocycles. The third kappa shape index (κ3) is 3.59. The summed E-state index contributed by atoms with van der Waals surface area (Å²) in [6.07, 6.45) is 0. The van der Waals surface area contributed by atoms with E-state index in [9.17, 15) is 4.79 Å². The summed E-state index contributed by atoms with van der Waals surface area (Å²) in [4.78, 5) is 12.2. The summed E-state index contributed by atoms with van der Waals surface area (Å²) < 4.78 is 1.62. The number of benzene rings is 2. The van der Waals surface area contributed by atoms with Crippen molar-refractivity contribution in [2.45, 2.75) is 6.92 Å². The van der Waals surface area contributed by atoms with Gasteiger partial charge < -0.3 is 5.32 Å². The maximum absolute atomic E-state index is 12.2. The molecule has 0 saturated carbocycles. The first kappa shape index (κ1) is 14.6. The Bertz CT molecular complexity index is 643. The number of carbonyl (C=O) groups is 1. The molecule has 2 aromatic carbocycles. The first-order chi connectivity index (χ1) is 8.97. The quantitative estimate of drug-likeness (QED) is 0.712. The molecule has 2 rings (SSSR count). The van der Waals surface area contributed by atoms with Crippen molar-refractivity contribution in [3.8, 4) is 0 Å². The van der Waals surface area contributed by atoms with E-state index in [0.717, 1.165) is 15.7 Å². The fourth-order valence-corrected chi connectivity index (χ4v) is 2.42. The molecule has 0 aromatic heterocycles. The average Bonchev–Trinajstić information content (AvgIpc) is 2.37. The van der Waals surface area contributed by atoms with Crippen LogP contribution in [0, 0.1) is 6.92 Å². The molecule has 1 N–H and O–H groups in total. The van der Waals surface area contributed by atoms with Gasteiger partial charge in [-0.1, -0.05) is 33.6 Å². The molecule has 2 nitrogen and oxygen atoms in total. The summed E-state index contributed by atoms with van der Waals surface area (Å²) in [5.41, 5.74) is 2.34. The van der Waals surface area contributed by atoms with Gasteiger partial charge in [-0.15, -0.1) is 0 Å². The fraction of sp³-hybridized carbons (Fsp3) is 0.0714. The van der Waals surface area contributed by atoms with Crippen LogP contribution < -0.4 is 5.32 Å². The largest absolute Gasteiger partial charge is 0.322 e. The van der Waals surface area contributed by atoms with E-state index in [1.54, 1.807) is 18.2 Å². The van der Waals surface area contributed by atoms with Crippen LogP contribution in [0.2, 0.25) is 5.02 Å². The lowest BCUT2D eigenvalue weighted by Gasteiger charge is -2.09. The number of aryl methyl sites for hydroxylation is 1. The Morgan fingerprint density at radius 2 is 1.89 bits per heavy atom. The van der Waals surface area contributed by atoms with Crippen LogP contribution in [0.5, 0.6) is 0 Å². The lowest BCUT2D eigenvalue weighted by atomic mass is 10.1. The lowest BCUT2D eigenvalue weighted by molar-refractivity contribution is 0.102. The molecule has 0 radical (unpaired) electrons. The smallest absolute Gasteiger partial charge is 0.255 e. The van der Waals surface area contributed by atoms with Gasteiger partial charge in [0.2, 0.25) is 0 Å². The molecule has 0 unspecified atom stereocenters. The predicted molar refractivity (Wildman–Crippen MR) is 86.0 cm³/mol. The molecule has 0 heterocycles. The average molecular weight is 404 g/mol. The summed E-state index contributed by atoms with van der Waals surface area (Å²) in [7, 11) is 0. The number of nitrogens with one attached hydrogen (secondary N) is 1. The van der Waals surface area contributed by atoms with Crippen molar-refractivity contribution in [3.05, 3.63) is 61.5 Å². The molecular formula is C14H10Br2ClNO. The molecule has 0 spiro atoms. The van der Waals surface area contributed by atoms with Crippen LogP contribution in [0.25, 0.3) is 0 Å². The van der Waals surface area contributed by atoms with Crippen molar-refractivity contribution in [3.63, 3.8) is 0 Å². The molecule has 19 heavy (non-hydrogen) atoms. The minimum absolute atomic E-state index is 0.168. The van der Waals surface area contributed by atoms with Gasteiger partial charge in [0.25, 0.3) is 5.91 Å². The van der Waals surface area contributed by atoms with E-state index in [1.165, 1.54) is 0 Å². The highest BCUT2D eigenvalue weighted by Crippen LogP contribution is 2.25. The zero-order valence-electron chi connectivity index (χ0n) is 10.0. The number of rotatable bonds is 2. The van der Waals surface area contributed by atoms with Gasteiger partial charge in [-0.3, -0.25) is 4.79 Å². The van der Waals surface area contributed by atoms with Crippen molar-refractivity contribution < 1.29 is 4.79 Å². The number of carbonyl (C=O) groups excluding carboxylic acids is 1. The topological polar surface area (TPSA) is 29.1 Å². The van der Waals surface area contributed by atoms with Gasteiger partial charge in [0, 0.05) is 20.2 Å². The maximum Gasteiger partial charge on any atom is 0.255 e. The molecule has 0 fully saturated rings. The second-order valence-electron chi connectivity index (χ2n) is 4.04. The Labute approximate surface area is 133 Å². The van der Waals surface area contributed by atoms with E-state index in [1.807, 2.05) is 25.1 Å². The molecule has 0 aliphatic heterocycles. The van der Waals surface area contributed by atoms with Crippen LogP contribution in [0.4, 0.5) is 5.69 Å². The van der Waals surface area contributed by atoms with E-state index in [-0.39, 0.29) is 5.91 Å². The lowest BCUT2D eigenvalue weighted by Crippen LogP contribution is -2.12. The molecular weight excluding hydrogens is 393 g/mol. The van der Waals surface area contributed by atoms with Gasteiger partial charge in [-0.2, -0.15) is 0 Å². The molecule has 0 atom stereocenters. The summed E-state index contributed by atoms with van der Waals surface area (Å²) >= 11 is 12.6. The monoisotopic (exact) mass is 401 g/mol. The highest BCUT2D eigenvalue weighted by Gasteiger charge is 2.09. The second kappa shape index (κ2) is 6.07. The van der Waals surface area contributed by atoms with Gasteiger partial charge >= 0.3 is 0 Å². The molecule has 1 amide bonds. The third-order valence-electron chi connectivity index (χ3n) is 2.63. The van der Waals surface area contributed by atoms with E-state index in [4.69, 9.17) is 11.6 Å². The molecule has 0 aliphatic rings. The second-order valence-corrected chi connectivity index (χ2v) is 6.22. The van der Waals surface area contributed by atoms with Crippen LogP contribution in [0.15, 0.2) is 45.3 Å². The molecule has 0 bridgehead atoms. The van der Waals surface area contributed by atoms with Crippen molar-refractivity contribution in [1.29, 1.82) is 0 Å². The highest BCUT2D eigenvalue weighted by molar-refractivity contribution is 9.10. The van der Waals surface area contributed by atoms with Crippen LogP contribution >= 0.6 is 43.5 Å². The van der Waals surface area contributed by atoms with Crippen LogP contribution in [0.3, 0.4) is 0 Å². The first-order valence-electron chi connectivity index (χ1n) is 5.50. The van der Waals surface area contributed by atoms with Gasteiger partial charge in [-0.25, -0.2) is 0 Å². The zero-order chi connectivity index (χ0) is 14.0. The van der Waals surface area contributed by atoms with Gasteiger partial charge in [0.1, 0.15) is 0 Å². The zero-order valence-corrected chi connectivity index (χ0v) is 13.9. The highest BCUT2D eigenvalue weighted by atomic mass is 79.9. The van der Waals surface area contributed by atoms with E-state index < -0.39 is 0 Å². The first-order valence-corrected chi connectivity index (χ1v) is 7.46. The van der Waals surface area contributed by atoms with Gasteiger partial charge in [0.15, 0.2) is 0 Å². The van der Waals surface area contributed by atoms with Crippen LogP contribution in [-0.4, -0.2) is 5.91 Å².